The first kappa shape index (κ1) is 14.0. The van der Waals surface area contributed by atoms with Crippen LogP contribution in [0.15, 0.2) is 18.2 Å². The van der Waals surface area contributed by atoms with Crippen LogP contribution in [0.25, 0.3) is 0 Å². The molecule has 2 rings (SSSR count). The van der Waals surface area contributed by atoms with Crippen molar-refractivity contribution in [3.05, 3.63) is 29.3 Å². The number of aryl methyl sites for hydroxylation is 2. The average molecular weight is 294 g/mol. The standard InChI is InChI=1S/C13H14N2O2S2/c1-8-3-4-10(5-9(8)2)14-11(16)6-15-12(17)7-19-13(15)18/h3-5H,6-7H2,1-2H3,(H,14,16). The van der Waals surface area contributed by atoms with Crippen LogP contribution in [-0.2, 0) is 9.59 Å². The summed E-state index contributed by atoms with van der Waals surface area (Å²) in [6.45, 7) is 3.98. The van der Waals surface area contributed by atoms with E-state index in [4.69, 9.17) is 12.2 Å². The van der Waals surface area contributed by atoms with Crippen molar-refractivity contribution < 1.29 is 9.59 Å². The van der Waals surface area contributed by atoms with Gasteiger partial charge in [-0.2, -0.15) is 0 Å². The first-order valence-electron chi connectivity index (χ1n) is 5.81. The Morgan fingerprint density at radius 2 is 2.16 bits per heavy atom. The predicted molar refractivity (Wildman–Crippen MR) is 81.3 cm³/mol. The number of carbonyl (C=O) groups excluding carboxylic acids is 2. The fourth-order valence-electron chi connectivity index (χ4n) is 1.70. The van der Waals surface area contributed by atoms with Gasteiger partial charge in [-0.25, -0.2) is 0 Å². The number of rotatable bonds is 3. The molecule has 1 saturated heterocycles. The number of carbonyl (C=O) groups is 2. The number of thiocarbonyl (C=S) groups is 1. The molecule has 0 saturated carbocycles. The molecule has 6 heteroatoms. The van der Waals surface area contributed by atoms with Gasteiger partial charge in [0.15, 0.2) is 0 Å². The first-order valence-corrected chi connectivity index (χ1v) is 7.21. The molecule has 2 amide bonds. The molecule has 1 fully saturated rings. The Kier molecular flexibility index (Phi) is 4.21. The topological polar surface area (TPSA) is 49.4 Å². The lowest BCUT2D eigenvalue weighted by atomic mass is 10.1. The number of nitrogens with one attached hydrogen (secondary N) is 1. The summed E-state index contributed by atoms with van der Waals surface area (Å²) in [4.78, 5) is 24.7. The van der Waals surface area contributed by atoms with E-state index in [0.29, 0.717) is 10.1 Å². The molecule has 1 aromatic carbocycles. The number of hydrogen-bond donors (Lipinski definition) is 1. The van der Waals surface area contributed by atoms with E-state index < -0.39 is 0 Å². The van der Waals surface area contributed by atoms with E-state index in [1.807, 2.05) is 32.0 Å². The van der Waals surface area contributed by atoms with Gasteiger partial charge in [-0.3, -0.25) is 14.5 Å². The first-order chi connectivity index (χ1) is 8.97. The molecule has 19 heavy (non-hydrogen) atoms. The highest BCUT2D eigenvalue weighted by molar-refractivity contribution is 8.23. The summed E-state index contributed by atoms with van der Waals surface area (Å²) >= 11 is 6.32. The molecule has 1 aliphatic rings. The van der Waals surface area contributed by atoms with Crippen molar-refractivity contribution in [3.8, 4) is 0 Å². The largest absolute Gasteiger partial charge is 0.325 e. The van der Waals surface area contributed by atoms with Crippen LogP contribution in [0, 0.1) is 13.8 Å². The lowest BCUT2D eigenvalue weighted by Gasteiger charge is -2.14. The zero-order valence-corrected chi connectivity index (χ0v) is 12.4. The molecule has 4 nitrogen and oxygen atoms in total. The van der Waals surface area contributed by atoms with Gasteiger partial charge in [-0.05, 0) is 37.1 Å². The van der Waals surface area contributed by atoms with E-state index in [2.05, 4.69) is 5.32 Å². The van der Waals surface area contributed by atoms with Crippen molar-refractivity contribution in [1.82, 2.24) is 4.90 Å². The van der Waals surface area contributed by atoms with Crippen LogP contribution in [0.2, 0.25) is 0 Å². The Hall–Kier alpha value is -1.40. The maximum absolute atomic E-state index is 11.9. The van der Waals surface area contributed by atoms with E-state index in [1.165, 1.54) is 22.2 Å². The van der Waals surface area contributed by atoms with Crippen LogP contribution in [0.1, 0.15) is 11.1 Å². The lowest BCUT2D eigenvalue weighted by Crippen LogP contribution is -2.36. The van der Waals surface area contributed by atoms with Crippen molar-refractivity contribution in [2.45, 2.75) is 13.8 Å². The second-order valence-corrected chi connectivity index (χ2v) is 5.99. The van der Waals surface area contributed by atoms with Gasteiger partial charge < -0.3 is 5.32 Å². The minimum atomic E-state index is -0.235. The fraction of sp³-hybridized carbons (Fsp3) is 0.308. The van der Waals surface area contributed by atoms with Gasteiger partial charge >= 0.3 is 0 Å². The number of hydrogen-bond acceptors (Lipinski definition) is 4. The van der Waals surface area contributed by atoms with E-state index in [9.17, 15) is 9.59 Å². The highest BCUT2D eigenvalue weighted by Gasteiger charge is 2.28. The molecular weight excluding hydrogens is 280 g/mol. The van der Waals surface area contributed by atoms with Crippen molar-refractivity contribution in [2.24, 2.45) is 0 Å². The molecule has 0 bridgehead atoms. The maximum Gasteiger partial charge on any atom is 0.244 e. The van der Waals surface area contributed by atoms with Gasteiger partial charge in [-0.15, -0.1) is 0 Å². The number of benzene rings is 1. The van der Waals surface area contributed by atoms with Crippen LogP contribution < -0.4 is 5.32 Å². The lowest BCUT2D eigenvalue weighted by molar-refractivity contribution is -0.127. The summed E-state index contributed by atoms with van der Waals surface area (Å²) in [6.07, 6.45) is 0. The Morgan fingerprint density at radius 1 is 1.42 bits per heavy atom. The van der Waals surface area contributed by atoms with Crippen LogP contribution in [0.4, 0.5) is 5.69 Å². The molecule has 1 N–H and O–H groups in total. The zero-order valence-electron chi connectivity index (χ0n) is 10.7. The Morgan fingerprint density at radius 3 is 2.74 bits per heavy atom. The van der Waals surface area contributed by atoms with E-state index in [0.717, 1.165) is 11.3 Å². The predicted octanol–water partition coefficient (Wildman–Crippen LogP) is 2.10. The highest BCUT2D eigenvalue weighted by Crippen LogP contribution is 2.19. The van der Waals surface area contributed by atoms with Crippen molar-refractivity contribution in [3.63, 3.8) is 0 Å². The van der Waals surface area contributed by atoms with Crippen molar-refractivity contribution in [2.75, 3.05) is 17.6 Å². The van der Waals surface area contributed by atoms with Crippen molar-refractivity contribution >= 4 is 45.8 Å². The summed E-state index contributed by atoms with van der Waals surface area (Å²) in [5.74, 6) is -0.0119. The highest BCUT2D eigenvalue weighted by atomic mass is 32.2. The average Bonchev–Trinajstić information content (AvgIpc) is 2.66. The molecule has 0 aliphatic carbocycles. The van der Waals surface area contributed by atoms with Gasteiger partial charge in [0, 0.05) is 5.69 Å². The molecule has 1 aromatic rings. The van der Waals surface area contributed by atoms with Crippen LogP contribution in [0.5, 0.6) is 0 Å². The van der Waals surface area contributed by atoms with Crippen LogP contribution in [0.3, 0.4) is 0 Å². The minimum absolute atomic E-state index is 0.0163. The summed E-state index contributed by atoms with van der Waals surface area (Å²) in [5.41, 5.74) is 3.02. The monoisotopic (exact) mass is 294 g/mol. The normalized spacial score (nSPS) is 14.9. The SMILES string of the molecule is Cc1ccc(NC(=O)CN2C(=O)CSC2=S)cc1C. The summed E-state index contributed by atoms with van der Waals surface area (Å²) in [5, 5.41) is 2.78. The molecule has 1 aliphatic heterocycles. The Balaban J connectivity index is 1.99. The molecule has 1 heterocycles. The number of thioether (sulfide) groups is 1. The molecular formula is C13H14N2O2S2. The third-order valence-electron chi connectivity index (χ3n) is 2.93. The van der Waals surface area contributed by atoms with Gasteiger partial charge in [0.1, 0.15) is 10.9 Å². The van der Waals surface area contributed by atoms with E-state index >= 15 is 0 Å². The van der Waals surface area contributed by atoms with Crippen LogP contribution >= 0.6 is 24.0 Å². The van der Waals surface area contributed by atoms with Gasteiger partial charge in [0.2, 0.25) is 11.8 Å². The number of anilines is 1. The Bertz CT molecular complexity index is 542. The molecule has 0 radical (unpaired) electrons. The fourth-order valence-corrected chi connectivity index (χ4v) is 2.77. The van der Waals surface area contributed by atoms with Crippen molar-refractivity contribution in [1.29, 1.82) is 0 Å². The van der Waals surface area contributed by atoms with Gasteiger partial charge in [-0.1, -0.05) is 30.0 Å². The summed E-state index contributed by atoms with van der Waals surface area (Å²) in [6, 6.07) is 5.71. The third kappa shape index (κ3) is 3.33. The second kappa shape index (κ2) is 5.71. The maximum atomic E-state index is 11.9. The summed E-state index contributed by atoms with van der Waals surface area (Å²) in [7, 11) is 0. The van der Waals surface area contributed by atoms with Crippen LogP contribution in [-0.4, -0.2) is 33.3 Å². The van der Waals surface area contributed by atoms with E-state index in [-0.39, 0.29) is 18.4 Å². The van der Waals surface area contributed by atoms with Gasteiger partial charge in [0.25, 0.3) is 0 Å². The quantitative estimate of drug-likeness (QED) is 0.867. The van der Waals surface area contributed by atoms with E-state index in [1.54, 1.807) is 0 Å². The smallest absolute Gasteiger partial charge is 0.244 e. The Labute approximate surface area is 121 Å². The zero-order chi connectivity index (χ0) is 14.0. The molecule has 0 atom stereocenters. The summed E-state index contributed by atoms with van der Waals surface area (Å²) < 4.78 is 0.472. The number of nitrogens with zero attached hydrogens (tertiary/aromatic N) is 1. The molecule has 0 aromatic heterocycles. The molecule has 0 unspecified atom stereocenters. The minimum Gasteiger partial charge on any atom is -0.325 e. The second-order valence-electron chi connectivity index (χ2n) is 4.38. The molecule has 100 valence electrons. The molecule has 0 spiro atoms. The third-order valence-corrected chi connectivity index (χ3v) is 4.37. The van der Waals surface area contributed by atoms with Gasteiger partial charge in [0.05, 0.1) is 5.75 Å². The number of amides is 2.